The molecule has 7 heteroatoms. The van der Waals surface area contributed by atoms with Gasteiger partial charge in [-0.2, -0.15) is 0 Å². The molecule has 32 heavy (non-hydrogen) atoms. The fourth-order valence-electron chi connectivity index (χ4n) is 4.12. The van der Waals surface area contributed by atoms with E-state index in [1.54, 1.807) is 12.1 Å². The fraction of sp³-hybridized carbons (Fsp3) is 0.320. The van der Waals surface area contributed by atoms with E-state index < -0.39 is 5.91 Å². The second-order valence-corrected chi connectivity index (χ2v) is 9.18. The van der Waals surface area contributed by atoms with Crippen molar-refractivity contribution in [1.82, 2.24) is 4.90 Å². The minimum absolute atomic E-state index is 0.0116. The first-order chi connectivity index (χ1) is 15.5. The molecule has 166 valence electrons. The second-order valence-electron chi connectivity index (χ2n) is 8.17. The molecule has 0 bridgehead atoms. The van der Waals surface area contributed by atoms with Crippen molar-refractivity contribution in [2.75, 3.05) is 6.61 Å². The standard InChI is InChI=1S/C25H27N3O3S/c1-17-7-5-6-10-21(17)28-24(30)22(32-25(28)27-19-8-3-2-4-9-19)15-18-11-13-20(14-12-18)31-16-23(26)29/h2-4,8-9,11-15,17,21H,5-7,10,16H2,1H3,(H2,26,29)/b22-15-,27-25?/t17-,21+/m0/s1. The van der Waals surface area contributed by atoms with Crippen LogP contribution in [0.2, 0.25) is 0 Å². The highest BCUT2D eigenvalue weighted by Gasteiger charge is 2.41. The third-order valence-corrected chi connectivity index (χ3v) is 6.76. The molecule has 2 aliphatic rings. The maximum atomic E-state index is 13.5. The van der Waals surface area contributed by atoms with Crippen molar-refractivity contribution in [1.29, 1.82) is 0 Å². The van der Waals surface area contributed by atoms with E-state index in [4.69, 9.17) is 15.5 Å². The summed E-state index contributed by atoms with van der Waals surface area (Å²) in [6.07, 6.45) is 6.36. The van der Waals surface area contributed by atoms with Crippen molar-refractivity contribution < 1.29 is 14.3 Å². The lowest BCUT2D eigenvalue weighted by Gasteiger charge is -2.35. The van der Waals surface area contributed by atoms with Crippen molar-refractivity contribution in [3.63, 3.8) is 0 Å². The van der Waals surface area contributed by atoms with Gasteiger partial charge in [0.2, 0.25) is 0 Å². The summed E-state index contributed by atoms with van der Waals surface area (Å²) >= 11 is 1.43. The SMILES string of the molecule is C[C@H]1CCCC[C@H]1N1C(=O)/C(=C/c2ccc(OCC(N)=O)cc2)SC1=Nc1ccccc1. The number of carbonyl (C=O) groups is 2. The summed E-state index contributed by atoms with van der Waals surface area (Å²) in [6.45, 7) is 2.07. The number of nitrogens with two attached hydrogens (primary N) is 1. The summed E-state index contributed by atoms with van der Waals surface area (Å²) in [5.74, 6) is 0.486. The Bertz CT molecular complexity index is 1030. The Hall–Kier alpha value is -3.06. The number of benzene rings is 2. The van der Waals surface area contributed by atoms with Crippen molar-refractivity contribution in [2.45, 2.75) is 38.6 Å². The molecule has 1 saturated heterocycles. The molecule has 1 aliphatic carbocycles. The summed E-state index contributed by atoms with van der Waals surface area (Å²) in [5, 5.41) is 0.743. The average molecular weight is 450 g/mol. The number of para-hydroxylation sites is 1. The van der Waals surface area contributed by atoms with Crippen LogP contribution in [0.25, 0.3) is 6.08 Å². The Kier molecular flexibility index (Phi) is 6.95. The van der Waals surface area contributed by atoms with E-state index in [0.29, 0.717) is 16.6 Å². The Morgan fingerprint density at radius 3 is 2.56 bits per heavy atom. The quantitative estimate of drug-likeness (QED) is 0.646. The van der Waals surface area contributed by atoms with Gasteiger partial charge >= 0.3 is 0 Å². The summed E-state index contributed by atoms with van der Waals surface area (Å²) in [4.78, 5) is 31.8. The van der Waals surface area contributed by atoms with E-state index in [-0.39, 0.29) is 18.6 Å². The zero-order chi connectivity index (χ0) is 22.5. The molecule has 2 amide bonds. The van der Waals surface area contributed by atoms with Crippen LogP contribution >= 0.6 is 11.8 Å². The molecule has 6 nitrogen and oxygen atoms in total. The van der Waals surface area contributed by atoms with Gasteiger partial charge in [0.25, 0.3) is 11.8 Å². The lowest BCUT2D eigenvalue weighted by Crippen LogP contribution is -2.44. The van der Waals surface area contributed by atoms with Gasteiger partial charge in [-0.05, 0) is 66.4 Å². The molecule has 2 atom stereocenters. The first kappa shape index (κ1) is 22.1. The number of thioether (sulfide) groups is 1. The second kappa shape index (κ2) is 10.0. The Morgan fingerprint density at radius 1 is 1.16 bits per heavy atom. The molecule has 0 unspecified atom stereocenters. The molecule has 1 saturated carbocycles. The Labute approximate surface area is 192 Å². The summed E-state index contributed by atoms with van der Waals surface area (Å²) < 4.78 is 5.31. The van der Waals surface area contributed by atoms with Crippen LogP contribution in [0.15, 0.2) is 64.5 Å². The zero-order valence-electron chi connectivity index (χ0n) is 18.1. The zero-order valence-corrected chi connectivity index (χ0v) is 18.9. The number of hydrogen-bond acceptors (Lipinski definition) is 5. The van der Waals surface area contributed by atoms with Gasteiger partial charge in [-0.3, -0.25) is 14.5 Å². The summed E-state index contributed by atoms with van der Waals surface area (Å²) in [5.41, 5.74) is 6.84. The number of carbonyl (C=O) groups excluding carboxylic acids is 2. The van der Waals surface area contributed by atoms with Gasteiger partial charge in [-0.25, -0.2) is 4.99 Å². The average Bonchev–Trinajstić information content (AvgIpc) is 3.08. The molecule has 0 radical (unpaired) electrons. The highest BCUT2D eigenvalue weighted by atomic mass is 32.2. The van der Waals surface area contributed by atoms with Crippen LogP contribution in [0.3, 0.4) is 0 Å². The van der Waals surface area contributed by atoms with E-state index in [1.165, 1.54) is 18.2 Å². The van der Waals surface area contributed by atoms with Crippen molar-refractivity contribution >= 4 is 40.5 Å². The number of amidine groups is 1. The minimum Gasteiger partial charge on any atom is -0.484 e. The van der Waals surface area contributed by atoms with Crippen molar-refractivity contribution in [3.8, 4) is 5.75 Å². The van der Waals surface area contributed by atoms with Gasteiger partial charge < -0.3 is 10.5 Å². The number of ether oxygens (including phenoxy) is 1. The van der Waals surface area contributed by atoms with Gasteiger partial charge in [0.1, 0.15) is 5.75 Å². The van der Waals surface area contributed by atoms with Crippen LogP contribution in [0.5, 0.6) is 5.75 Å². The van der Waals surface area contributed by atoms with Crippen LogP contribution in [0.1, 0.15) is 38.2 Å². The maximum absolute atomic E-state index is 13.5. The molecule has 2 fully saturated rings. The molecule has 1 heterocycles. The fourth-order valence-corrected chi connectivity index (χ4v) is 5.16. The molecule has 1 aliphatic heterocycles. The van der Waals surface area contributed by atoms with Crippen molar-refractivity contribution in [2.24, 2.45) is 16.6 Å². The van der Waals surface area contributed by atoms with E-state index in [9.17, 15) is 9.59 Å². The molecule has 2 aromatic rings. The molecule has 0 spiro atoms. The smallest absolute Gasteiger partial charge is 0.267 e. The van der Waals surface area contributed by atoms with Crippen LogP contribution < -0.4 is 10.5 Å². The highest BCUT2D eigenvalue weighted by molar-refractivity contribution is 8.18. The van der Waals surface area contributed by atoms with E-state index >= 15 is 0 Å². The molecule has 4 rings (SSSR count). The topological polar surface area (TPSA) is 85.0 Å². The molecule has 2 aromatic carbocycles. The normalized spacial score (nSPS) is 23.7. The number of aliphatic imine (C=N–C) groups is 1. The van der Waals surface area contributed by atoms with Crippen LogP contribution in [0, 0.1) is 5.92 Å². The van der Waals surface area contributed by atoms with Gasteiger partial charge in [-0.15, -0.1) is 0 Å². The van der Waals surface area contributed by atoms with Crippen LogP contribution in [0.4, 0.5) is 5.69 Å². The number of hydrogen-bond donors (Lipinski definition) is 1. The predicted molar refractivity (Wildman–Crippen MR) is 129 cm³/mol. The molecule has 2 N–H and O–H groups in total. The van der Waals surface area contributed by atoms with E-state index in [0.717, 1.165) is 35.7 Å². The number of nitrogens with zero attached hydrogens (tertiary/aromatic N) is 2. The highest BCUT2D eigenvalue weighted by Crippen LogP contribution is 2.40. The van der Waals surface area contributed by atoms with Crippen LogP contribution in [-0.2, 0) is 9.59 Å². The maximum Gasteiger partial charge on any atom is 0.267 e. The molecular formula is C25H27N3O3S. The molecule has 0 aromatic heterocycles. The van der Waals surface area contributed by atoms with E-state index in [1.807, 2.05) is 53.4 Å². The van der Waals surface area contributed by atoms with Gasteiger partial charge in [0, 0.05) is 6.04 Å². The van der Waals surface area contributed by atoms with Gasteiger partial charge in [-0.1, -0.05) is 50.1 Å². The third kappa shape index (κ3) is 5.22. The number of amides is 2. The number of primary amides is 1. The van der Waals surface area contributed by atoms with Gasteiger partial charge in [0.05, 0.1) is 10.6 Å². The first-order valence-corrected chi connectivity index (χ1v) is 11.7. The lowest BCUT2D eigenvalue weighted by molar-refractivity contribution is -0.125. The van der Waals surface area contributed by atoms with Crippen molar-refractivity contribution in [3.05, 3.63) is 65.1 Å². The van der Waals surface area contributed by atoms with Gasteiger partial charge in [0.15, 0.2) is 11.8 Å². The monoisotopic (exact) mass is 449 g/mol. The Balaban J connectivity index is 1.61. The predicted octanol–water partition coefficient (Wildman–Crippen LogP) is 4.73. The minimum atomic E-state index is -0.522. The van der Waals surface area contributed by atoms with Crippen LogP contribution in [-0.4, -0.2) is 34.5 Å². The Morgan fingerprint density at radius 2 is 1.88 bits per heavy atom. The first-order valence-electron chi connectivity index (χ1n) is 10.9. The third-order valence-electron chi connectivity index (χ3n) is 5.77. The number of rotatable bonds is 6. The largest absolute Gasteiger partial charge is 0.484 e. The lowest BCUT2D eigenvalue weighted by atomic mass is 9.85. The van der Waals surface area contributed by atoms with E-state index in [2.05, 4.69) is 6.92 Å². The summed E-state index contributed by atoms with van der Waals surface area (Å²) in [7, 11) is 0. The summed E-state index contributed by atoms with van der Waals surface area (Å²) in [6, 6.07) is 17.2. The molecular weight excluding hydrogens is 422 g/mol.